The highest BCUT2D eigenvalue weighted by atomic mass is 16.5. The Balaban J connectivity index is 1.69. The fraction of sp³-hybridized carbons (Fsp3) is 0.133. The van der Waals surface area contributed by atoms with Crippen molar-refractivity contribution in [3.63, 3.8) is 0 Å². The molecule has 4 aromatic rings. The van der Waals surface area contributed by atoms with Crippen LogP contribution in [0.4, 0.5) is 22.7 Å². The molecule has 6 N–H and O–H groups in total. The molecule has 0 spiro atoms. The number of hydrogen-bond acceptors (Lipinski definition) is 8. The van der Waals surface area contributed by atoms with Crippen molar-refractivity contribution in [1.82, 2.24) is 0 Å². The standard InChI is InChI=1S/C30H28N2O8/c1-16(2)40-28-15-20(32-24-13-18(30(37)38)5-11-26(24)34)7-9-22(28)21-8-6-19(14-27(21)39-3)31-23-12-17(29(35)36)4-10-25(23)33/h4-16,31-34H,1-3H3,(H,35,36)(H,37,38). The number of aromatic hydroxyl groups is 2. The van der Waals surface area contributed by atoms with E-state index in [0.717, 1.165) is 0 Å². The van der Waals surface area contributed by atoms with E-state index in [9.17, 15) is 30.0 Å². The van der Waals surface area contributed by atoms with E-state index in [1.807, 2.05) is 19.9 Å². The van der Waals surface area contributed by atoms with E-state index < -0.39 is 11.9 Å². The lowest BCUT2D eigenvalue weighted by atomic mass is 10.0. The van der Waals surface area contributed by atoms with Gasteiger partial charge in [-0.25, -0.2) is 9.59 Å². The molecule has 0 radical (unpaired) electrons. The van der Waals surface area contributed by atoms with Crippen LogP contribution in [0.15, 0.2) is 72.8 Å². The molecule has 206 valence electrons. The molecule has 0 aliphatic heterocycles. The summed E-state index contributed by atoms with van der Waals surface area (Å²) in [4.78, 5) is 22.7. The Morgan fingerprint density at radius 2 is 1.12 bits per heavy atom. The van der Waals surface area contributed by atoms with Gasteiger partial charge in [0.25, 0.3) is 0 Å². The second-order valence-corrected chi connectivity index (χ2v) is 9.12. The number of phenols is 2. The van der Waals surface area contributed by atoms with Gasteiger partial charge in [0, 0.05) is 34.6 Å². The molecule has 0 saturated heterocycles. The number of phenolic OH excluding ortho intramolecular Hbond substituents is 2. The normalized spacial score (nSPS) is 10.7. The summed E-state index contributed by atoms with van der Waals surface area (Å²) in [6.07, 6.45) is -0.172. The van der Waals surface area contributed by atoms with Crippen LogP contribution >= 0.6 is 0 Å². The zero-order chi connectivity index (χ0) is 29.0. The summed E-state index contributed by atoms with van der Waals surface area (Å²) in [6.45, 7) is 3.77. The first-order chi connectivity index (χ1) is 19.0. The first-order valence-electron chi connectivity index (χ1n) is 12.2. The van der Waals surface area contributed by atoms with Gasteiger partial charge in [-0.1, -0.05) is 0 Å². The van der Waals surface area contributed by atoms with Gasteiger partial charge in [0.15, 0.2) is 0 Å². The molecule has 10 heteroatoms. The number of nitrogens with one attached hydrogen (secondary N) is 2. The SMILES string of the molecule is COc1cc(Nc2cc(C(=O)O)ccc2O)ccc1-c1ccc(Nc2cc(C(=O)O)ccc2O)cc1OC(C)C. The van der Waals surface area contributed by atoms with Gasteiger partial charge in [-0.15, -0.1) is 0 Å². The number of benzene rings is 4. The monoisotopic (exact) mass is 544 g/mol. The van der Waals surface area contributed by atoms with E-state index in [4.69, 9.17) is 9.47 Å². The summed E-state index contributed by atoms with van der Waals surface area (Å²) in [5.74, 6) is -1.44. The van der Waals surface area contributed by atoms with Crippen LogP contribution in [0.1, 0.15) is 34.6 Å². The second kappa shape index (κ2) is 11.6. The zero-order valence-electron chi connectivity index (χ0n) is 21.9. The van der Waals surface area contributed by atoms with Gasteiger partial charge in [-0.3, -0.25) is 0 Å². The minimum absolute atomic E-state index is 0.0241. The average molecular weight is 545 g/mol. The first kappa shape index (κ1) is 27.6. The number of anilines is 4. The highest BCUT2D eigenvalue weighted by Crippen LogP contribution is 2.41. The molecule has 4 rings (SSSR count). The lowest BCUT2D eigenvalue weighted by Crippen LogP contribution is -2.07. The predicted molar refractivity (Wildman–Crippen MR) is 151 cm³/mol. The van der Waals surface area contributed by atoms with Crippen LogP contribution < -0.4 is 20.1 Å². The second-order valence-electron chi connectivity index (χ2n) is 9.12. The van der Waals surface area contributed by atoms with E-state index >= 15 is 0 Å². The molecule has 0 bridgehead atoms. The van der Waals surface area contributed by atoms with Crippen LogP contribution in [0.2, 0.25) is 0 Å². The lowest BCUT2D eigenvalue weighted by Gasteiger charge is -2.19. The maximum atomic E-state index is 11.4. The number of aromatic carboxylic acids is 2. The van der Waals surface area contributed by atoms with Crippen LogP contribution in [0, 0.1) is 0 Å². The maximum absolute atomic E-state index is 11.4. The van der Waals surface area contributed by atoms with Crippen molar-refractivity contribution in [2.75, 3.05) is 17.7 Å². The minimum Gasteiger partial charge on any atom is -0.506 e. The average Bonchev–Trinajstić information content (AvgIpc) is 2.91. The van der Waals surface area contributed by atoms with Gasteiger partial charge in [-0.05, 0) is 74.5 Å². The largest absolute Gasteiger partial charge is 0.506 e. The Hall–Kier alpha value is -5.38. The van der Waals surface area contributed by atoms with E-state index in [0.29, 0.717) is 34.0 Å². The quantitative estimate of drug-likeness (QED) is 0.123. The first-order valence-corrected chi connectivity index (χ1v) is 12.2. The molecule has 0 atom stereocenters. The number of ether oxygens (including phenoxy) is 2. The predicted octanol–water partition coefficient (Wildman–Crippen LogP) is 6.44. The van der Waals surface area contributed by atoms with Gasteiger partial charge in [0.2, 0.25) is 0 Å². The topological polar surface area (TPSA) is 158 Å². The number of hydrogen-bond donors (Lipinski definition) is 6. The Morgan fingerprint density at radius 3 is 1.55 bits per heavy atom. The van der Waals surface area contributed by atoms with Crippen LogP contribution in [-0.2, 0) is 0 Å². The molecule has 0 aromatic heterocycles. The molecule has 0 aliphatic rings. The van der Waals surface area contributed by atoms with Crippen molar-refractivity contribution in [3.05, 3.63) is 83.9 Å². The molecule has 4 aromatic carbocycles. The Kier molecular flexibility index (Phi) is 7.99. The van der Waals surface area contributed by atoms with Crippen molar-refractivity contribution in [3.8, 4) is 34.1 Å². The molecule has 0 saturated carbocycles. The third kappa shape index (κ3) is 6.18. The summed E-state index contributed by atoms with van der Waals surface area (Å²) in [7, 11) is 1.52. The molecule has 40 heavy (non-hydrogen) atoms. The van der Waals surface area contributed by atoms with Crippen molar-refractivity contribution in [2.45, 2.75) is 20.0 Å². The number of rotatable bonds is 10. The molecule has 0 fully saturated rings. The van der Waals surface area contributed by atoms with E-state index in [1.54, 1.807) is 30.3 Å². The third-order valence-corrected chi connectivity index (χ3v) is 5.88. The number of methoxy groups -OCH3 is 1. The Labute approximate surface area is 230 Å². The molecular weight excluding hydrogens is 516 g/mol. The van der Waals surface area contributed by atoms with E-state index in [-0.39, 0.29) is 40.1 Å². The third-order valence-electron chi connectivity index (χ3n) is 5.88. The van der Waals surface area contributed by atoms with Gasteiger partial charge < -0.3 is 40.5 Å². The Bertz CT molecular complexity index is 1580. The van der Waals surface area contributed by atoms with E-state index in [2.05, 4.69) is 10.6 Å². The molecule has 10 nitrogen and oxygen atoms in total. The van der Waals surface area contributed by atoms with Crippen molar-refractivity contribution < 1.29 is 39.5 Å². The summed E-state index contributed by atoms with van der Waals surface area (Å²) in [5.41, 5.74) is 3.03. The number of carboxylic acids is 2. The van der Waals surface area contributed by atoms with Gasteiger partial charge in [0.1, 0.15) is 23.0 Å². The van der Waals surface area contributed by atoms with E-state index in [1.165, 1.54) is 43.5 Å². The van der Waals surface area contributed by atoms with Gasteiger partial charge in [0.05, 0.1) is 35.7 Å². The molecule has 0 heterocycles. The highest BCUT2D eigenvalue weighted by Gasteiger charge is 2.17. The fourth-order valence-corrected chi connectivity index (χ4v) is 4.01. The molecule has 0 amide bonds. The summed E-state index contributed by atoms with van der Waals surface area (Å²) >= 11 is 0. The molecule has 0 unspecified atom stereocenters. The van der Waals surface area contributed by atoms with Crippen LogP contribution in [0.3, 0.4) is 0 Å². The maximum Gasteiger partial charge on any atom is 0.335 e. The smallest absolute Gasteiger partial charge is 0.335 e. The number of carboxylic acid groups (broad SMARTS) is 2. The summed E-state index contributed by atoms with van der Waals surface area (Å²) < 4.78 is 11.7. The zero-order valence-corrected chi connectivity index (χ0v) is 21.9. The minimum atomic E-state index is -1.11. The van der Waals surface area contributed by atoms with Crippen molar-refractivity contribution in [1.29, 1.82) is 0 Å². The lowest BCUT2D eigenvalue weighted by molar-refractivity contribution is 0.0686. The van der Waals surface area contributed by atoms with Gasteiger partial charge in [-0.2, -0.15) is 0 Å². The highest BCUT2D eigenvalue weighted by molar-refractivity contribution is 5.91. The van der Waals surface area contributed by atoms with Gasteiger partial charge >= 0.3 is 11.9 Å². The van der Waals surface area contributed by atoms with Crippen LogP contribution in [-0.4, -0.2) is 45.6 Å². The van der Waals surface area contributed by atoms with Crippen molar-refractivity contribution >= 4 is 34.7 Å². The summed E-state index contributed by atoms with van der Waals surface area (Å²) in [5, 5.41) is 45.0. The van der Waals surface area contributed by atoms with Crippen molar-refractivity contribution in [2.24, 2.45) is 0 Å². The van der Waals surface area contributed by atoms with Crippen LogP contribution in [0.25, 0.3) is 11.1 Å². The molecule has 0 aliphatic carbocycles. The van der Waals surface area contributed by atoms with Crippen LogP contribution in [0.5, 0.6) is 23.0 Å². The number of carbonyl (C=O) groups is 2. The fourth-order valence-electron chi connectivity index (χ4n) is 4.01. The summed E-state index contributed by atoms with van der Waals surface area (Å²) in [6, 6.07) is 18.5. The molecular formula is C30H28N2O8. The Morgan fingerprint density at radius 1 is 0.675 bits per heavy atom.